The highest BCUT2D eigenvalue weighted by Gasteiger charge is 2.13. The van der Waals surface area contributed by atoms with Crippen molar-refractivity contribution in [3.8, 4) is 0 Å². The summed E-state index contributed by atoms with van der Waals surface area (Å²) in [5.74, 6) is -0.111. The molecule has 0 heterocycles. The van der Waals surface area contributed by atoms with E-state index < -0.39 is 0 Å². The predicted molar refractivity (Wildman–Crippen MR) is 123 cm³/mol. The van der Waals surface area contributed by atoms with E-state index in [1.54, 1.807) is 0 Å². The van der Waals surface area contributed by atoms with Gasteiger partial charge in [0.15, 0.2) is 0 Å². The number of rotatable bonds is 7. The van der Waals surface area contributed by atoms with Crippen molar-refractivity contribution in [3.05, 3.63) is 106 Å². The molecular weight excluding hydrogens is 378 g/mol. The van der Waals surface area contributed by atoms with Crippen LogP contribution in [0.5, 0.6) is 0 Å². The average Bonchev–Trinajstić information content (AvgIpc) is 2.77. The third-order valence-corrected chi connectivity index (χ3v) is 5.38. The highest BCUT2D eigenvalue weighted by Crippen LogP contribution is 2.23. The molecule has 0 atom stereocenters. The molecule has 0 aliphatic heterocycles. The molecule has 0 aliphatic rings. The molecule has 3 rings (SSSR count). The lowest BCUT2D eigenvalue weighted by molar-refractivity contribution is -0.115. The monoisotopic (exact) mass is 403 g/mol. The van der Waals surface area contributed by atoms with Gasteiger partial charge in [0, 0.05) is 17.1 Å². The van der Waals surface area contributed by atoms with Crippen LogP contribution in [0.4, 0.5) is 0 Å². The molecule has 0 saturated carbocycles. The topological polar surface area (TPSA) is 29.1 Å². The number of hydrogen-bond acceptors (Lipinski definition) is 1. The van der Waals surface area contributed by atoms with Crippen molar-refractivity contribution >= 4 is 29.2 Å². The SMILES string of the molecule is CCc1ccc(CC)c(CNC(=O)/C(=C/c2ccccc2Cl)c2ccccc2)c1. The summed E-state index contributed by atoms with van der Waals surface area (Å²) in [6, 6.07) is 23.8. The second-order valence-electron chi connectivity index (χ2n) is 6.94. The van der Waals surface area contributed by atoms with Crippen molar-refractivity contribution in [1.82, 2.24) is 5.32 Å². The number of nitrogens with one attached hydrogen (secondary N) is 1. The minimum atomic E-state index is -0.111. The van der Waals surface area contributed by atoms with Crippen molar-refractivity contribution in [2.24, 2.45) is 0 Å². The molecular formula is C26H26ClNO. The average molecular weight is 404 g/mol. The second kappa shape index (κ2) is 10.1. The molecule has 3 aromatic rings. The summed E-state index contributed by atoms with van der Waals surface area (Å²) in [6.07, 6.45) is 3.78. The molecule has 3 aromatic carbocycles. The maximum Gasteiger partial charge on any atom is 0.252 e. The number of amides is 1. The Morgan fingerprint density at radius 2 is 1.62 bits per heavy atom. The maximum atomic E-state index is 13.2. The van der Waals surface area contributed by atoms with Crippen LogP contribution in [0.15, 0.2) is 72.8 Å². The van der Waals surface area contributed by atoms with E-state index in [0.29, 0.717) is 17.1 Å². The lowest BCUT2D eigenvalue weighted by atomic mass is 9.99. The van der Waals surface area contributed by atoms with Gasteiger partial charge in [0.2, 0.25) is 0 Å². The Balaban J connectivity index is 1.90. The van der Waals surface area contributed by atoms with Gasteiger partial charge in [-0.25, -0.2) is 0 Å². The summed E-state index contributed by atoms with van der Waals surface area (Å²) in [7, 11) is 0. The fourth-order valence-corrected chi connectivity index (χ4v) is 3.52. The highest BCUT2D eigenvalue weighted by molar-refractivity contribution is 6.33. The Hall–Kier alpha value is -2.84. The highest BCUT2D eigenvalue weighted by atomic mass is 35.5. The first-order valence-corrected chi connectivity index (χ1v) is 10.4. The maximum absolute atomic E-state index is 13.2. The van der Waals surface area contributed by atoms with Crippen LogP contribution in [0.3, 0.4) is 0 Å². The third-order valence-electron chi connectivity index (χ3n) is 5.03. The first-order valence-electron chi connectivity index (χ1n) is 10.0. The Morgan fingerprint density at radius 1 is 0.897 bits per heavy atom. The Labute approximate surface area is 178 Å². The van der Waals surface area contributed by atoms with Crippen molar-refractivity contribution in [1.29, 1.82) is 0 Å². The van der Waals surface area contributed by atoms with Gasteiger partial charge in [0.1, 0.15) is 0 Å². The molecule has 0 saturated heterocycles. The zero-order valence-electron chi connectivity index (χ0n) is 16.9. The van der Waals surface area contributed by atoms with Crippen molar-refractivity contribution < 1.29 is 4.79 Å². The van der Waals surface area contributed by atoms with Gasteiger partial charge in [-0.3, -0.25) is 4.79 Å². The van der Waals surface area contributed by atoms with Gasteiger partial charge in [-0.05, 0) is 52.8 Å². The van der Waals surface area contributed by atoms with Crippen LogP contribution in [0, 0.1) is 0 Å². The fourth-order valence-electron chi connectivity index (χ4n) is 3.32. The molecule has 2 nitrogen and oxygen atoms in total. The van der Waals surface area contributed by atoms with Gasteiger partial charge >= 0.3 is 0 Å². The number of carbonyl (C=O) groups is 1. The Kier molecular flexibility index (Phi) is 7.26. The molecule has 1 N–H and O–H groups in total. The molecule has 0 radical (unpaired) electrons. The van der Waals surface area contributed by atoms with Gasteiger partial charge in [0.05, 0.1) is 0 Å². The standard InChI is InChI=1S/C26H26ClNO/c1-3-19-14-15-20(4-2)23(16-19)18-28-26(29)24(21-10-6-5-7-11-21)17-22-12-8-9-13-25(22)27/h5-17H,3-4,18H2,1-2H3,(H,28,29)/b24-17+. The van der Waals surface area contributed by atoms with Crippen LogP contribution in [0.25, 0.3) is 11.6 Å². The van der Waals surface area contributed by atoms with Crippen LogP contribution in [0.1, 0.15) is 41.7 Å². The summed E-state index contributed by atoms with van der Waals surface area (Å²) < 4.78 is 0. The molecule has 0 unspecified atom stereocenters. The largest absolute Gasteiger partial charge is 0.348 e. The summed E-state index contributed by atoms with van der Waals surface area (Å²) in [5.41, 5.74) is 6.00. The summed E-state index contributed by atoms with van der Waals surface area (Å²) in [5, 5.41) is 3.74. The van der Waals surface area contributed by atoms with Gasteiger partial charge in [-0.15, -0.1) is 0 Å². The molecule has 0 fully saturated rings. The van der Waals surface area contributed by atoms with Crippen LogP contribution in [0.2, 0.25) is 5.02 Å². The molecule has 0 aliphatic carbocycles. The molecule has 0 bridgehead atoms. The minimum absolute atomic E-state index is 0.111. The van der Waals surface area contributed by atoms with Crippen LogP contribution in [-0.4, -0.2) is 5.91 Å². The molecule has 29 heavy (non-hydrogen) atoms. The lowest BCUT2D eigenvalue weighted by Gasteiger charge is -2.13. The number of aryl methyl sites for hydroxylation is 2. The molecule has 3 heteroatoms. The van der Waals surface area contributed by atoms with Gasteiger partial charge < -0.3 is 5.32 Å². The van der Waals surface area contributed by atoms with Crippen LogP contribution < -0.4 is 5.32 Å². The molecule has 1 amide bonds. The molecule has 0 spiro atoms. The number of halogens is 1. The summed E-state index contributed by atoms with van der Waals surface area (Å²) >= 11 is 6.33. The van der Waals surface area contributed by atoms with Gasteiger partial charge in [0.25, 0.3) is 5.91 Å². The minimum Gasteiger partial charge on any atom is -0.348 e. The fraction of sp³-hybridized carbons (Fsp3) is 0.192. The van der Waals surface area contributed by atoms with E-state index in [9.17, 15) is 4.79 Å². The number of benzene rings is 3. The lowest BCUT2D eigenvalue weighted by Crippen LogP contribution is -2.24. The smallest absolute Gasteiger partial charge is 0.252 e. The van der Waals surface area contributed by atoms with Gasteiger partial charge in [-0.2, -0.15) is 0 Å². The van der Waals surface area contributed by atoms with Crippen molar-refractivity contribution in [2.45, 2.75) is 33.2 Å². The van der Waals surface area contributed by atoms with E-state index in [4.69, 9.17) is 11.6 Å². The van der Waals surface area contributed by atoms with Crippen molar-refractivity contribution in [2.75, 3.05) is 0 Å². The predicted octanol–water partition coefficient (Wildman–Crippen LogP) is 6.32. The number of carbonyl (C=O) groups excluding carboxylic acids is 1. The molecule has 0 aromatic heterocycles. The second-order valence-corrected chi connectivity index (χ2v) is 7.35. The Bertz CT molecular complexity index is 1010. The van der Waals surface area contributed by atoms with E-state index in [2.05, 4.69) is 37.4 Å². The Morgan fingerprint density at radius 3 is 2.31 bits per heavy atom. The quantitative estimate of drug-likeness (QED) is 0.363. The van der Waals surface area contributed by atoms with E-state index in [1.807, 2.05) is 60.7 Å². The molecule has 148 valence electrons. The zero-order chi connectivity index (χ0) is 20.6. The number of hydrogen-bond donors (Lipinski definition) is 1. The summed E-state index contributed by atoms with van der Waals surface area (Å²) in [4.78, 5) is 13.2. The van der Waals surface area contributed by atoms with Crippen LogP contribution in [-0.2, 0) is 24.2 Å². The first kappa shape index (κ1) is 20.9. The van der Waals surface area contributed by atoms with Crippen molar-refractivity contribution in [3.63, 3.8) is 0 Å². The van der Waals surface area contributed by atoms with Gasteiger partial charge in [-0.1, -0.05) is 92.2 Å². The summed E-state index contributed by atoms with van der Waals surface area (Å²) in [6.45, 7) is 4.78. The third kappa shape index (κ3) is 5.36. The normalized spacial score (nSPS) is 11.3. The van der Waals surface area contributed by atoms with E-state index in [0.717, 1.165) is 24.0 Å². The zero-order valence-corrected chi connectivity index (χ0v) is 17.7. The first-order chi connectivity index (χ1) is 14.1. The van der Waals surface area contributed by atoms with E-state index >= 15 is 0 Å². The van der Waals surface area contributed by atoms with E-state index in [-0.39, 0.29) is 5.91 Å². The van der Waals surface area contributed by atoms with E-state index in [1.165, 1.54) is 16.7 Å². The van der Waals surface area contributed by atoms with Crippen LogP contribution >= 0.6 is 11.6 Å².